The Bertz CT molecular complexity index is 329. The molecule has 0 saturated carbocycles. The zero-order valence-corrected chi connectivity index (χ0v) is 8.82. The van der Waals surface area contributed by atoms with Gasteiger partial charge in [0.05, 0.1) is 12.1 Å². The van der Waals surface area contributed by atoms with Gasteiger partial charge in [0.25, 0.3) is 0 Å². The Kier molecular flexibility index (Phi) is 2.93. The van der Waals surface area contributed by atoms with E-state index in [9.17, 15) is 4.79 Å². The second-order valence-electron chi connectivity index (χ2n) is 4.01. The third-order valence-corrected chi connectivity index (χ3v) is 2.25. The molecule has 1 N–H and O–H groups in total. The maximum absolute atomic E-state index is 10.6. The highest BCUT2D eigenvalue weighted by molar-refractivity contribution is 5.68. The van der Waals surface area contributed by atoms with Crippen LogP contribution in [0, 0.1) is 0 Å². The van der Waals surface area contributed by atoms with E-state index in [1.807, 2.05) is 33.0 Å². The molecule has 1 aromatic rings. The molecule has 0 unspecified atom stereocenters. The van der Waals surface area contributed by atoms with E-state index in [2.05, 4.69) is 5.10 Å². The number of aryl methyl sites for hydroxylation is 1. The molecule has 1 heterocycles. The molecule has 0 bridgehead atoms. The summed E-state index contributed by atoms with van der Waals surface area (Å²) in [4.78, 5) is 10.6. The van der Waals surface area contributed by atoms with Crippen molar-refractivity contribution in [3.05, 3.63) is 18.0 Å². The van der Waals surface area contributed by atoms with Crippen molar-refractivity contribution in [3.8, 4) is 0 Å². The number of nitrogens with zero attached hydrogens (tertiary/aromatic N) is 2. The molecule has 78 valence electrons. The van der Waals surface area contributed by atoms with Gasteiger partial charge in [0.2, 0.25) is 0 Å². The lowest BCUT2D eigenvalue weighted by molar-refractivity contribution is -0.138. The van der Waals surface area contributed by atoms with E-state index in [-0.39, 0.29) is 6.42 Å². The third-order valence-electron chi connectivity index (χ3n) is 2.25. The van der Waals surface area contributed by atoms with Gasteiger partial charge < -0.3 is 5.11 Å². The number of carboxylic acids is 1. The van der Waals surface area contributed by atoms with E-state index in [1.54, 1.807) is 4.68 Å². The number of hydrogen-bond donors (Lipinski definition) is 1. The van der Waals surface area contributed by atoms with Crippen molar-refractivity contribution in [2.24, 2.45) is 0 Å². The number of aliphatic carboxylic acids is 1. The Labute approximate surface area is 83.5 Å². The van der Waals surface area contributed by atoms with Crippen LogP contribution in [0.3, 0.4) is 0 Å². The first-order chi connectivity index (χ1) is 6.45. The number of carbonyl (C=O) groups is 1. The molecule has 1 aromatic heterocycles. The fourth-order valence-electron chi connectivity index (χ4n) is 1.37. The fraction of sp³-hybridized carbons (Fsp3) is 0.600. The monoisotopic (exact) mass is 196 g/mol. The van der Waals surface area contributed by atoms with E-state index in [4.69, 9.17) is 5.11 Å². The van der Waals surface area contributed by atoms with Crippen molar-refractivity contribution in [3.63, 3.8) is 0 Å². The Balaban J connectivity index is 2.85. The summed E-state index contributed by atoms with van der Waals surface area (Å²) in [5.41, 5.74) is 0.438. The highest BCUT2D eigenvalue weighted by Crippen LogP contribution is 2.25. The third kappa shape index (κ3) is 2.34. The average molecular weight is 196 g/mol. The van der Waals surface area contributed by atoms with Crippen LogP contribution in [0.5, 0.6) is 0 Å². The summed E-state index contributed by atoms with van der Waals surface area (Å²) in [7, 11) is 0. The van der Waals surface area contributed by atoms with E-state index < -0.39 is 11.4 Å². The maximum Gasteiger partial charge on any atom is 0.304 e. The number of carboxylic acid groups (broad SMARTS) is 1. The van der Waals surface area contributed by atoms with Crippen LogP contribution in [0.4, 0.5) is 0 Å². The predicted octanol–water partition coefficient (Wildman–Crippen LogP) is 1.66. The lowest BCUT2D eigenvalue weighted by Gasteiger charge is -2.19. The molecule has 4 nitrogen and oxygen atoms in total. The summed E-state index contributed by atoms with van der Waals surface area (Å²) in [5.74, 6) is -0.791. The molecule has 0 fully saturated rings. The van der Waals surface area contributed by atoms with E-state index in [1.165, 1.54) is 0 Å². The Hall–Kier alpha value is -1.32. The second kappa shape index (κ2) is 3.82. The highest BCUT2D eigenvalue weighted by Gasteiger charge is 2.26. The molecule has 1 rings (SSSR count). The fourth-order valence-corrected chi connectivity index (χ4v) is 1.37. The molecular formula is C10H16N2O2. The van der Waals surface area contributed by atoms with Gasteiger partial charge >= 0.3 is 5.97 Å². The van der Waals surface area contributed by atoms with Crippen LogP contribution in [0.2, 0.25) is 0 Å². The Morgan fingerprint density at radius 3 is 2.71 bits per heavy atom. The van der Waals surface area contributed by atoms with Gasteiger partial charge in [0.1, 0.15) is 0 Å². The van der Waals surface area contributed by atoms with Crippen molar-refractivity contribution in [1.29, 1.82) is 0 Å². The summed E-state index contributed by atoms with van der Waals surface area (Å²) >= 11 is 0. The molecule has 0 aliphatic rings. The van der Waals surface area contributed by atoms with Crippen LogP contribution in [-0.2, 0) is 16.8 Å². The topological polar surface area (TPSA) is 55.1 Å². The molecule has 0 aliphatic carbocycles. The minimum Gasteiger partial charge on any atom is -0.481 e. The Morgan fingerprint density at radius 1 is 1.64 bits per heavy atom. The first kappa shape index (κ1) is 10.8. The van der Waals surface area contributed by atoms with Crippen LogP contribution in [0.25, 0.3) is 0 Å². The standard InChI is InChI=1S/C10H16N2O2/c1-4-12-6-5-8(11-12)10(2,3)7-9(13)14/h5-6H,4,7H2,1-3H3,(H,13,14). The summed E-state index contributed by atoms with van der Waals surface area (Å²) in [6.07, 6.45) is 1.98. The maximum atomic E-state index is 10.6. The van der Waals surface area contributed by atoms with Gasteiger partial charge in [-0.25, -0.2) is 0 Å². The van der Waals surface area contributed by atoms with Gasteiger partial charge in [-0.05, 0) is 13.0 Å². The molecule has 4 heteroatoms. The van der Waals surface area contributed by atoms with Crippen LogP contribution < -0.4 is 0 Å². The summed E-state index contributed by atoms with van der Waals surface area (Å²) in [6.45, 7) is 6.59. The first-order valence-corrected chi connectivity index (χ1v) is 4.71. The summed E-state index contributed by atoms with van der Waals surface area (Å²) in [5, 5.41) is 13.0. The van der Waals surface area contributed by atoms with Gasteiger partial charge in [-0.1, -0.05) is 13.8 Å². The normalized spacial score (nSPS) is 11.6. The van der Waals surface area contributed by atoms with Crippen molar-refractivity contribution in [2.45, 2.75) is 39.2 Å². The molecule has 14 heavy (non-hydrogen) atoms. The van der Waals surface area contributed by atoms with E-state index >= 15 is 0 Å². The molecule has 0 aliphatic heterocycles. The SMILES string of the molecule is CCn1ccc(C(C)(C)CC(=O)O)n1. The van der Waals surface area contributed by atoms with E-state index in [0.717, 1.165) is 12.2 Å². The molecule has 0 amide bonds. The molecular weight excluding hydrogens is 180 g/mol. The lowest BCUT2D eigenvalue weighted by atomic mass is 9.86. The summed E-state index contributed by atoms with van der Waals surface area (Å²) in [6, 6.07) is 1.88. The number of aromatic nitrogens is 2. The number of hydrogen-bond acceptors (Lipinski definition) is 2. The molecule has 0 atom stereocenters. The lowest BCUT2D eigenvalue weighted by Crippen LogP contribution is -2.22. The van der Waals surface area contributed by atoms with Gasteiger partial charge in [0.15, 0.2) is 0 Å². The van der Waals surface area contributed by atoms with Gasteiger partial charge in [-0.15, -0.1) is 0 Å². The minimum absolute atomic E-state index is 0.105. The zero-order chi connectivity index (χ0) is 10.8. The molecule has 0 saturated heterocycles. The summed E-state index contributed by atoms with van der Waals surface area (Å²) < 4.78 is 1.80. The van der Waals surface area contributed by atoms with Crippen LogP contribution in [-0.4, -0.2) is 20.9 Å². The molecule has 0 spiro atoms. The first-order valence-electron chi connectivity index (χ1n) is 4.71. The zero-order valence-electron chi connectivity index (χ0n) is 8.82. The van der Waals surface area contributed by atoms with Gasteiger partial charge in [0, 0.05) is 18.2 Å². The van der Waals surface area contributed by atoms with E-state index in [0.29, 0.717) is 0 Å². The van der Waals surface area contributed by atoms with Gasteiger partial charge in [-0.3, -0.25) is 9.48 Å². The Morgan fingerprint density at radius 2 is 2.29 bits per heavy atom. The minimum atomic E-state index is -0.791. The van der Waals surface area contributed by atoms with Crippen molar-refractivity contribution < 1.29 is 9.90 Å². The van der Waals surface area contributed by atoms with Crippen molar-refractivity contribution in [1.82, 2.24) is 9.78 Å². The van der Waals surface area contributed by atoms with Crippen molar-refractivity contribution >= 4 is 5.97 Å². The molecule has 0 radical (unpaired) electrons. The predicted molar refractivity (Wildman–Crippen MR) is 53.2 cm³/mol. The smallest absolute Gasteiger partial charge is 0.304 e. The second-order valence-corrected chi connectivity index (χ2v) is 4.01. The largest absolute Gasteiger partial charge is 0.481 e. The van der Waals surface area contributed by atoms with Crippen molar-refractivity contribution in [2.75, 3.05) is 0 Å². The highest BCUT2D eigenvalue weighted by atomic mass is 16.4. The average Bonchev–Trinajstić information content (AvgIpc) is 2.49. The van der Waals surface area contributed by atoms with Crippen LogP contribution in [0.1, 0.15) is 32.9 Å². The van der Waals surface area contributed by atoms with Crippen LogP contribution in [0.15, 0.2) is 12.3 Å². The van der Waals surface area contributed by atoms with Gasteiger partial charge in [-0.2, -0.15) is 5.10 Å². The molecule has 0 aromatic carbocycles. The quantitative estimate of drug-likeness (QED) is 0.796. The van der Waals surface area contributed by atoms with Crippen LogP contribution >= 0.6 is 0 Å². The number of rotatable bonds is 4.